The highest BCUT2D eigenvalue weighted by Crippen LogP contribution is 2.22. The van der Waals surface area contributed by atoms with Gasteiger partial charge in [-0.15, -0.1) is 0 Å². The third-order valence-corrected chi connectivity index (χ3v) is 6.04. The molecule has 2 aromatic rings. The van der Waals surface area contributed by atoms with E-state index in [1.807, 2.05) is 12.1 Å². The lowest BCUT2D eigenvalue weighted by molar-refractivity contribution is -0.111. The van der Waals surface area contributed by atoms with Crippen LogP contribution in [-0.2, 0) is 11.3 Å². The van der Waals surface area contributed by atoms with Crippen LogP contribution in [0.4, 0.5) is 5.69 Å². The van der Waals surface area contributed by atoms with Crippen LogP contribution in [0.15, 0.2) is 53.6 Å². The van der Waals surface area contributed by atoms with Crippen molar-refractivity contribution in [2.24, 2.45) is 5.10 Å². The zero-order chi connectivity index (χ0) is 21.6. The highest BCUT2D eigenvalue weighted by atomic mass is 16.5. The fraction of sp³-hybridized carbons (Fsp3) is 0.417. The van der Waals surface area contributed by atoms with Gasteiger partial charge in [-0.3, -0.25) is 15.1 Å². The molecule has 2 aromatic carbocycles. The van der Waals surface area contributed by atoms with Crippen LogP contribution in [0.2, 0.25) is 0 Å². The van der Waals surface area contributed by atoms with E-state index in [-0.39, 0.29) is 6.17 Å². The number of ether oxygens (including phenoxy) is 1. The summed E-state index contributed by atoms with van der Waals surface area (Å²) < 4.78 is 5.35. The van der Waals surface area contributed by atoms with Crippen LogP contribution in [-0.4, -0.2) is 67.9 Å². The Morgan fingerprint density at radius 3 is 2.61 bits per heavy atom. The fourth-order valence-electron chi connectivity index (χ4n) is 4.11. The van der Waals surface area contributed by atoms with Gasteiger partial charge in [-0.05, 0) is 24.6 Å². The molecule has 0 saturated carbocycles. The molecule has 1 saturated heterocycles. The number of piperazine rings is 1. The number of carbonyl (C=O) groups excluding carboxylic acids is 1. The Bertz CT molecular complexity index is 906. The number of hydrogen-bond donors (Lipinski definition) is 1. The molecule has 1 N–H and O–H groups in total. The lowest BCUT2D eigenvalue weighted by Crippen LogP contribution is -2.47. The number of aldehydes is 1. The first-order valence-corrected chi connectivity index (χ1v) is 10.9. The summed E-state index contributed by atoms with van der Waals surface area (Å²) in [5, 5.41) is 4.46. The summed E-state index contributed by atoms with van der Waals surface area (Å²) >= 11 is 0. The number of nitrogens with zero attached hydrogens (tertiary/aromatic N) is 4. The quantitative estimate of drug-likeness (QED) is 0.661. The van der Waals surface area contributed by atoms with E-state index in [2.05, 4.69) is 68.5 Å². The van der Waals surface area contributed by atoms with E-state index in [4.69, 9.17) is 4.74 Å². The topological polar surface area (TPSA) is 60.4 Å². The monoisotopic (exact) mass is 421 g/mol. The molecule has 1 atom stereocenters. The molecule has 0 spiro atoms. The largest absolute Gasteiger partial charge is 0.497 e. The second kappa shape index (κ2) is 9.83. The van der Waals surface area contributed by atoms with E-state index in [9.17, 15) is 4.79 Å². The molecule has 0 aliphatic carbocycles. The first-order chi connectivity index (χ1) is 15.2. The molecule has 164 valence electrons. The second-order valence-electron chi connectivity index (χ2n) is 8.13. The van der Waals surface area contributed by atoms with E-state index >= 15 is 0 Å². The number of methoxy groups -OCH3 is 1. The molecular weight excluding hydrogens is 390 g/mol. The van der Waals surface area contributed by atoms with Crippen LogP contribution in [0, 0.1) is 6.92 Å². The van der Waals surface area contributed by atoms with Gasteiger partial charge in [-0.1, -0.05) is 35.9 Å². The van der Waals surface area contributed by atoms with Gasteiger partial charge in [0.2, 0.25) is 0 Å². The number of nitrogens with one attached hydrogen (secondary N) is 1. The molecule has 1 unspecified atom stereocenters. The predicted octanol–water partition coefficient (Wildman–Crippen LogP) is 2.46. The standard InChI is InChI=1S/C24H31N5O2/c1-19-6-8-20(9-7-19)17-29-23(25-26-24(29)18-30)10-11-27-12-14-28(15-13-27)21-4-3-5-22(16-21)31-2/h3-9,16,18,24,26H,10-15,17H2,1-2H3. The van der Waals surface area contributed by atoms with Gasteiger partial charge < -0.3 is 14.5 Å². The number of carbonyl (C=O) groups is 1. The van der Waals surface area contributed by atoms with E-state index in [1.165, 1.54) is 16.8 Å². The minimum Gasteiger partial charge on any atom is -0.497 e. The molecule has 2 heterocycles. The summed E-state index contributed by atoms with van der Waals surface area (Å²) in [6.45, 7) is 7.68. The van der Waals surface area contributed by atoms with Crippen molar-refractivity contribution in [3.05, 3.63) is 59.7 Å². The molecular formula is C24H31N5O2. The van der Waals surface area contributed by atoms with Gasteiger partial charge in [0.05, 0.1) is 7.11 Å². The molecule has 0 bridgehead atoms. The number of aryl methyl sites for hydroxylation is 1. The summed E-state index contributed by atoms with van der Waals surface area (Å²) in [4.78, 5) is 18.5. The SMILES string of the molecule is COc1cccc(N2CCN(CCC3=NNC(C=O)N3Cc3ccc(C)cc3)CC2)c1. The van der Waals surface area contributed by atoms with Crippen LogP contribution < -0.4 is 15.1 Å². The van der Waals surface area contributed by atoms with Gasteiger partial charge in [0.1, 0.15) is 11.6 Å². The van der Waals surface area contributed by atoms with Crippen molar-refractivity contribution in [3.8, 4) is 5.75 Å². The first kappa shape index (κ1) is 21.2. The Hall–Kier alpha value is -3.06. The van der Waals surface area contributed by atoms with Crippen molar-refractivity contribution in [3.63, 3.8) is 0 Å². The fourth-order valence-corrected chi connectivity index (χ4v) is 4.11. The van der Waals surface area contributed by atoms with Gasteiger partial charge in [-0.25, -0.2) is 0 Å². The maximum Gasteiger partial charge on any atom is 0.173 e. The van der Waals surface area contributed by atoms with Gasteiger partial charge in [0, 0.05) is 57.4 Å². The van der Waals surface area contributed by atoms with Crippen molar-refractivity contribution in [2.45, 2.75) is 26.1 Å². The molecule has 0 amide bonds. The first-order valence-electron chi connectivity index (χ1n) is 10.9. The molecule has 0 radical (unpaired) electrons. The van der Waals surface area contributed by atoms with Gasteiger partial charge in [0.15, 0.2) is 12.5 Å². The highest BCUT2D eigenvalue weighted by molar-refractivity contribution is 5.86. The van der Waals surface area contributed by atoms with Crippen molar-refractivity contribution in [1.82, 2.24) is 15.2 Å². The maximum atomic E-state index is 11.5. The molecule has 7 heteroatoms. The van der Waals surface area contributed by atoms with E-state index in [1.54, 1.807) is 7.11 Å². The lowest BCUT2D eigenvalue weighted by Gasteiger charge is -2.36. The lowest BCUT2D eigenvalue weighted by atomic mass is 10.1. The van der Waals surface area contributed by atoms with Crippen molar-refractivity contribution < 1.29 is 9.53 Å². The van der Waals surface area contributed by atoms with Gasteiger partial charge in [-0.2, -0.15) is 5.10 Å². The van der Waals surface area contributed by atoms with E-state index in [0.717, 1.165) is 57.0 Å². The highest BCUT2D eigenvalue weighted by Gasteiger charge is 2.28. The maximum absolute atomic E-state index is 11.5. The summed E-state index contributed by atoms with van der Waals surface area (Å²) in [6.07, 6.45) is 1.36. The van der Waals surface area contributed by atoms with Crippen molar-refractivity contribution >= 4 is 17.8 Å². The average Bonchev–Trinajstić information content (AvgIpc) is 3.21. The predicted molar refractivity (Wildman–Crippen MR) is 123 cm³/mol. The molecule has 31 heavy (non-hydrogen) atoms. The number of hydrazone groups is 1. The zero-order valence-corrected chi connectivity index (χ0v) is 18.3. The third kappa shape index (κ3) is 5.17. The summed E-state index contributed by atoms with van der Waals surface area (Å²) in [7, 11) is 1.70. The Kier molecular flexibility index (Phi) is 6.72. The van der Waals surface area contributed by atoms with Crippen molar-refractivity contribution in [2.75, 3.05) is 44.7 Å². The molecule has 2 aliphatic heterocycles. The molecule has 7 nitrogen and oxygen atoms in total. The van der Waals surface area contributed by atoms with E-state index in [0.29, 0.717) is 6.54 Å². The normalized spacial score (nSPS) is 19.2. The number of anilines is 1. The third-order valence-electron chi connectivity index (χ3n) is 6.04. The van der Waals surface area contributed by atoms with E-state index < -0.39 is 0 Å². The average molecular weight is 422 g/mol. The van der Waals surface area contributed by atoms with Crippen LogP contribution in [0.5, 0.6) is 5.75 Å². The van der Waals surface area contributed by atoms with Gasteiger partial charge >= 0.3 is 0 Å². The molecule has 0 aromatic heterocycles. The summed E-state index contributed by atoms with van der Waals surface area (Å²) in [5.41, 5.74) is 6.60. The van der Waals surface area contributed by atoms with Gasteiger partial charge in [0.25, 0.3) is 0 Å². The van der Waals surface area contributed by atoms with Crippen LogP contribution in [0.3, 0.4) is 0 Å². The Labute approximate surface area is 184 Å². The smallest absolute Gasteiger partial charge is 0.173 e. The molecule has 4 rings (SSSR count). The Morgan fingerprint density at radius 2 is 1.90 bits per heavy atom. The van der Waals surface area contributed by atoms with Crippen LogP contribution >= 0.6 is 0 Å². The second-order valence-corrected chi connectivity index (χ2v) is 8.13. The molecule has 2 aliphatic rings. The summed E-state index contributed by atoms with van der Waals surface area (Å²) in [5.74, 6) is 1.85. The van der Waals surface area contributed by atoms with Crippen molar-refractivity contribution in [1.29, 1.82) is 0 Å². The van der Waals surface area contributed by atoms with Crippen LogP contribution in [0.1, 0.15) is 17.5 Å². The Balaban J connectivity index is 1.30. The minimum atomic E-state index is -0.388. The molecule has 1 fully saturated rings. The number of benzene rings is 2. The number of amidine groups is 1. The minimum absolute atomic E-state index is 0.388. The Morgan fingerprint density at radius 1 is 1.13 bits per heavy atom. The van der Waals surface area contributed by atoms with Crippen LogP contribution in [0.25, 0.3) is 0 Å². The number of rotatable bonds is 8. The summed E-state index contributed by atoms with van der Waals surface area (Å²) in [6, 6.07) is 16.7. The number of hydrogen-bond acceptors (Lipinski definition) is 7. The zero-order valence-electron chi connectivity index (χ0n) is 18.3.